The quantitative estimate of drug-likeness (QED) is 0.665. The molecule has 1 saturated heterocycles. The van der Waals surface area contributed by atoms with Crippen molar-refractivity contribution in [2.45, 2.75) is 0 Å². The van der Waals surface area contributed by atoms with E-state index in [4.69, 9.17) is 22.7 Å². The van der Waals surface area contributed by atoms with E-state index in [2.05, 4.69) is 19.8 Å². The first kappa shape index (κ1) is 14.1. The highest BCUT2D eigenvalue weighted by Crippen LogP contribution is 2.28. The van der Waals surface area contributed by atoms with Gasteiger partial charge in [-0.15, -0.1) is 11.3 Å². The normalized spacial score (nSPS) is 15.3. The number of nitrogens with zero attached hydrogens (tertiary/aromatic N) is 4. The molecule has 3 heterocycles. The Morgan fingerprint density at radius 2 is 1.90 bits per heavy atom. The molecular formula is C13H15ClN6S. The van der Waals surface area contributed by atoms with E-state index in [1.54, 1.807) is 23.6 Å². The third kappa shape index (κ3) is 2.79. The first-order valence-corrected chi connectivity index (χ1v) is 7.81. The molecule has 6 nitrogen and oxygen atoms in total. The Balaban J connectivity index is 1.75. The Morgan fingerprint density at radius 3 is 2.52 bits per heavy atom. The summed E-state index contributed by atoms with van der Waals surface area (Å²) in [6.45, 7) is 3.37. The lowest BCUT2D eigenvalue weighted by Gasteiger charge is -2.35. The average Bonchev–Trinajstić information content (AvgIpc) is 3.02. The van der Waals surface area contributed by atoms with E-state index in [0.29, 0.717) is 16.4 Å². The zero-order valence-corrected chi connectivity index (χ0v) is 12.9. The maximum absolute atomic E-state index is 7.55. The number of nitrogen functional groups attached to an aromatic ring is 1. The van der Waals surface area contributed by atoms with E-state index in [-0.39, 0.29) is 5.84 Å². The number of amidine groups is 1. The van der Waals surface area contributed by atoms with Crippen LogP contribution in [0.3, 0.4) is 0 Å². The van der Waals surface area contributed by atoms with E-state index in [1.165, 1.54) is 0 Å². The number of anilines is 2. The van der Waals surface area contributed by atoms with E-state index >= 15 is 0 Å². The van der Waals surface area contributed by atoms with Crippen molar-refractivity contribution >= 4 is 39.7 Å². The fourth-order valence-corrected chi connectivity index (χ4v) is 3.37. The molecule has 21 heavy (non-hydrogen) atoms. The van der Waals surface area contributed by atoms with Crippen molar-refractivity contribution in [1.82, 2.24) is 9.97 Å². The first-order valence-electron chi connectivity index (χ1n) is 6.55. The maximum atomic E-state index is 7.55. The van der Waals surface area contributed by atoms with E-state index in [0.717, 1.165) is 31.3 Å². The van der Waals surface area contributed by atoms with Crippen LogP contribution in [0.5, 0.6) is 0 Å². The molecule has 3 rings (SSSR count). The number of halogens is 1. The van der Waals surface area contributed by atoms with Crippen molar-refractivity contribution in [3.05, 3.63) is 34.4 Å². The molecule has 0 amide bonds. The van der Waals surface area contributed by atoms with Gasteiger partial charge < -0.3 is 15.5 Å². The fraction of sp³-hybridized carbons (Fsp3) is 0.308. The second kappa shape index (κ2) is 5.87. The van der Waals surface area contributed by atoms with Crippen LogP contribution in [0.2, 0.25) is 5.02 Å². The number of pyridine rings is 1. The number of nitrogens with one attached hydrogen (secondary N) is 1. The van der Waals surface area contributed by atoms with Crippen LogP contribution in [0.4, 0.5) is 10.9 Å². The van der Waals surface area contributed by atoms with Gasteiger partial charge in [-0.2, -0.15) is 0 Å². The fourth-order valence-electron chi connectivity index (χ4n) is 2.34. The van der Waals surface area contributed by atoms with E-state index in [1.807, 2.05) is 11.6 Å². The van der Waals surface area contributed by atoms with Crippen molar-refractivity contribution in [2.75, 3.05) is 36.0 Å². The van der Waals surface area contributed by atoms with Crippen LogP contribution in [-0.2, 0) is 0 Å². The van der Waals surface area contributed by atoms with Crippen LogP contribution >= 0.6 is 22.9 Å². The zero-order chi connectivity index (χ0) is 14.8. The number of aromatic nitrogens is 2. The molecule has 3 N–H and O–H groups in total. The average molecular weight is 323 g/mol. The topological polar surface area (TPSA) is 82.1 Å². The predicted octanol–water partition coefficient (Wildman–Crippen LogP) is 1.80. The first-order chi connectivity index (χ1) is 10.2. The van der Waals surface area contributed by atoms with Crippen LogP contribution < -0.4 is 15.5 Å². The lowest BCUT2D eigenvalue weighted by molar-refractivity contribution is 0.646. The summed E-state index contributed by atoms with van der Waals surface area (Å²) in [5.74, 6) is 0.660. The van der Waals surface area contributed by atoms with Crippen molar-refractivity contribution in [3.63, 3.8) is 0 Å². The molecule has 0 radical (unpaired) electrons. The van der Waals surface area contributed by atoms with Gasteiger partial charge >= 0.3 is 0 Å². The van der Waals surface area contributed by atoms with E-state index < -0.39 is 0 Å². The molecule has 1 fully saturated rings. The van der Waals surface area contributed by atoms with Gasteiger partial charge in [0.2, 0.25) is 0 Å². The number of hydrogen-bond donors (Lipinski definition) is 2. The SMILES string of the molecule is N=C(N)c1ccnc(N2CCN(c3nccs3)CC2)c1Cl. The van der Waals surface area contributed by atoms with Crippen molar-refractivity contribution in [3.8, 4) is 0 Å². The van der Waals surface area contributed by atoms with Crippen LogP contribution in [-0.4, -0.2) is 42.0 Å². The molecule has 0 atom stereocenters. The summed E-state index contributed by atoms with van der Waals surface area (Å²) in [6, 6.07) is 1.67. The molecule has 2 aromatic heterocycles. The number of thiazole rings is 1. The second-order valence-corrected chi connectivity index (χ2v) is 5.95. The Hall–Kier alpha value is -1.86. The van der Waals surface area contributed by atoms with Gasteiger partial charge in [-0.3, -0.25) is 5.41 Å². The largest absolute Gasteiger partial charge is 0.384 e. The number of nitrogens with two attached hydrogens (primary N) is 1. The summed E-state index contributed by atoms with van der Waals surface area (Å²) >= 11 is 7.97. The Labute approximate surface area is 131 Å². The number of piperazine rings is 1. The van der Waals surface area contributed by atoms with Crippen LogP contribution in [0.25, 0.3) is 0 Å². The highest BCUT2D eigenvalue weighted by Gasteiger charge is 2.22. The molecule has 2 aromatic rings. The summed E-state index contributed by atoms with van der Waals surface area (Å²) in [7, 11) is 0. The molecule has 1 aliphatic rings. The predicted molar refractivity (Wildman–Crippen MR) is 86.8 cm³/mol. The van der Waals surface area contributed by atoms with Crippen molar-refractivity contribution < 1.29 is 0 Å². The van der Waals surface area contributed by atoms with Gasteiger partial charge in [0.05, 0.1) is 5.02 Å². The Morgan fingerprint density at radius 1 is 1.19 bits per heavy atom. The molecule has 0 bridgehead atoms. The van der Waals surface area contributed by atoms with Crippen molar-refractivity contribution in [1.29, 1.82) is 5.41 Å². The van der Waals surface area contributed by atoms with E-state index in [9.17, 15) is 0 Å². The van der Waals surface area contributed by atoms with Crippen LogP contribution in [0.1, 0.15) is 5.56 Å². The molecule has 110 valence electrons. The molecular weight excluding hydrogens is 308 g/mol. The molecule has 0 unspecified atom stereocenters. The van der Waals surface area contributed by atoms with Gasteiger partial charge in [0.25, 0.3) is 0 Å². The van der Waals surface area contributed by atoms with Gasteiger partial charge in [0.15, 0.2) is 5.13 Å². The van der Waals surface area contributed by atoms with Crippen molar-refractivity contribution in [2.24, 2.45) is 5.73 Å². The van der Waals surface area contributed by atoms with Gasteiger partial charge in [0, 0.05) is 49.5 Å². The van der Waals surface area contributed by atoms with Gasteiger partial charge in [0.1, 0.15) is 11.7 Å². The van der Waals surface area contributed by atoms with Gasteiger partial charge in [-0.1, -0.05) is 11.6 Å². The summed E-state index contributed by atoms with van der Waals surface area (Å²) < 4.78 is 0. The minimum atomic E-state index is -0.0370. The van der Waals surface area contributed by atoms with Gasteiger partial charge in [-0.05, 0) is 6.07 Å². The summed E-state index contributed by atoms with van der Waals surface area (Å²) in [6.07, 6.45) is 3.46. The number of rotatable bonds is 3. The molecule has 8 heteroatoms. The summed E-state index contributed by atoms with van der Waals surface area (Å²) in [4.78, 5) is 13.1. The molecule has 0 spiro atoms. The molecule has 0 aliphatic carbocycles. The molecule has 1 aliphatic heterocycles. The molecule has 0 saturated carbocycles. The molecule has 0 aromatic carbocycles. The third-order valence-electron chi connectivity index (χ3n) is 3.43. The Kier molecular flexibility index (Phi) is 3.94. The maximum Gasteiger partial charge on any atom is 0.185 e. The monoisotopic (exact) mass is 322 g/mol. The lowest BCUT2D eigenvalue weighted by atomic mass is 10.2. The standard InChI is InChI=1S/C13H15ClN6S/c14-10-9(11(15)16)1-2-17-12(10)19-4-6-20(7-5-19)13-18-3-8-21-13/h1-3,8H,4-7H2,(H3,15,16). The van der Waals surface area contributed by atoms with Gasteiger partial charge in [-0.25, -0.2) is 9.97 Å². The highest BCUT2D eigenvalue weighted by atomic mass is 35.5. The smallest absolute Gasteiger partial charge is 0.185 e. The minimum absolute atomic E-state index is 0.0370. The zero-order valence-electron chi connectivity index (χ0n) is 11.3. The lowest BCUT2D eigenvalue weighted by Crippen LogP contribution is -2.47. The summed E-state index contributed by atoms with van der Waals surface area (Å²) in [5, 5.41) is 11.0. The second-order valence-electron chi connectivity index (χ2n) is 4.70. The Bertz CT molecular complexity index is 636. The highest BCUT2D eigenvalue weighted by molar-refractivity contribution is 7.13. The third-order valence-corrected chi connectivity index (χ3v) is 4.63. The summed E-state index contributed by atoms with van der Waals surface area (Å²) in [5.41, 5.74) is 6.07. The van der Waals surface area contributed by atoms with Crippen LogP contribution in [0, 0.1) is 5.41 Å². The minimum Gasteiger partial charge on any atom is -0.384 e. The van der Waals surface area contributed by atoms with Crippen LogP contribution in [0.15, 0.2) is 23.8 Å². The number of hydrogen-bond acceptors (Lipinski definition) is 6.